The first-order valence-electron chi connectivity index (χ1n) is 8.04. The fourth-order valence-corrected chi connectivity index (χ4v) is 4.87. The van der Waals surface area contributed by atoms with E-state index in [1.54, 1.807) is 0 Å². The minimum Gasteiger partial charge on any atom is -0.352 e. The second-order valence-electron chi connectivity index (χ2n) is 5.84. The van der Waals surface area contributed by atoms with Gasteiger partial charge in [0, 0.05) is 6.04 Å². The Bertz CT molecular complexity index is 638. The Balaban J connectivity index is 1.75. The molecular weight excluding hydrogens is 326 g/mol. The maximum absolute atomic E-state index is 12.8. The van der Waals surface area contributed by atoms with Gasteiger partial charge in [0.25, 0.3) is 0 Å². The van der Waals surface area contributed by atoms with E-state index in [1.807, 2.05) is 37.3 Å². The summed E-state index contributed by atoms with van der Waals surface area (Å²) in [5.74, 6) is 0.0842. The molecule has 0 unspecified atom stereocenters. The molecule has 3 rings (SSSR count). The van der Waals surface area contributed by atoms with Gasteiger partial charge in [0.05, 0.1) is 0 Å². The van der Waals surface area contributed by atoms with Crippen LogP contribution in [0.2, 0.25) is 0 Å². The van der Waals surface area contributed by atoms with Gasteiger partial charge < -0.3 is 5.32 Å². The third-order valence-electron chi connectivity index (χ3n) is 4.02. The molecule has 1 aromatic heterocycles. The monoisotopic (exact) mass is 347 g/mol. The van der Waals surface area contributed by atoms with E-state index < -0.39 is 0 Å². The van der Waals surface area contributed by atoms with Crippen molar-refractivity contribution in [3.63, 3.8) is 0 Å². The van der Waals surface area contributed by atoms with Gasteiger partial charge in [0.1, 0.15) is 10.3 Å². The van der Waals surface area contributed by atoms with E-state index in [1.165, 1.54) is 42.4 Å². The maximum atomic E-state index is 12.8. The molecule has 1 aromatic carbocycles. The Labute approximate surface area is 145 Å². The van der Waals surface area contributed by atoms with E-state index in [0.717, 1.165) is 27.8 Å². The van der Waals surface area contributed by atoms with Crippen molar-refractivity contribution in [2.75, 3.05) is 0 Å². The molecule has 6 heteroatoms. The van der Waals surface area contributed by atoms with E-state index in [0.29, 0.717) is 6.04 Å². The van der Waals surface area contributed by atoms with E-state index in [2.05, 4.69) is 15.5 Å². The van der Waals surface area contributed by atoms with Crippen LogP contribution in [0.25, 0.3) is 0 Å². The molecule has 122 valence electrons. The van der Waals surface area contributed by atoms with Gasteiger partial charge in [-0.15, -0.1) is 10.2 Å². The molecule has 1 fully saturated rings. The summed E-state index contributed by atoms with van der Waals surface area (Å²) < 4.78 is 0.843. The fraction of sp³-hybridized carbons (Fsp3) is 0.471. The Kier molecular flexibility index (Phi) is 5.67. The summed E-state index contributed by atoms with van der Waals surface area (Å²) in [5.41, 5.74) is 1.01. The lowest BCUT2D eigenvalue weighted by molar-refractivity contribution is -0.121. The largest absolute Gasteiger partial charge is 0.352 e. The smallest absolute Gasteiger partial charge is 0.238 e. The van der Waals surface area contributed by atoms with Crippen molar-refractivity contribution in [3.8, 4) is 0 Å². The molecule has 1 N–H and O–H groups in total. The third kappa shape index (κ3) is 4.54. The van der Waals surface area contributed by atoms with Crippen LogP contribution in [0.1, 0.15) is 47.9 Å². The number of carbonyl (C=O) groups excluding carboxylic acids is 1. The average molecular weight is 348 g/mol. The first-order chi connectivity index (χ1) is 11.2. The first-order valence-corrected chi connectivity index (χ1v) is 9.74. The number of aryl methyl sites for hydroxylation is 1. The quantitative estimate of drug-likeness (QED) is 0.826. The zero-order chi connectivity index (χ0) is 16.1. The van der Waals surface area contributed by atoms with Crippen LogP contribution in [0.3, 0.4) is 0 Å². The highest BCUT2D eigenvalue weighted by Crippen LogP contribution is 2.37. The van der Waals surface area contributed by atoms with E-state index >= 15 is 0 Å². The van der Waals surface area contributed by atoms with Gasteiger partial charge in [0.2, 0.25) is 5.91 Å². The van der Waals surface area contributed by atoms with Crippen LogP contribution in [0.4, 0.5) is 0 Å². The predicted octanol–water partition coefficient (Wildman–Crippen LogP) is 4.13. The topological polar surface area (TPSA) is 54.9 Å². The van der Waals surface area contributed by atoms with E-state index in [4.69, 9.17) is 0 Å². The molecule has 0 saturated heterocycles. The van der Waals surface area contributed by atoms with Crippen molar-refractivity contribution in [3.05, 3.63) is 40.9 Å². The summed E-state index contributed by atoms with van der Waals surface area (Å²) in [5, 5.41) is 12.1. The molecule has 1 saturated carbocycles. The van der Waals surface area contributed by atoms with Crippen molar-refractivity contribution in [1.29, 1.82) is 0 Å². The van der Waals surface area contributed by atoms with Crippen LogP contribution < -0.4 is 5.32 Å². The number of amides is 1. The maximum Gasteiger partial charge on any atom is 0.238 e. The van der Waals surface area contributed by atoms with Gasteiger partial charge in [0.15, 0.2) is 4.34 Å². The Morgan fingerprint density at radius 1 is 1.22 bits per heavy atom. The van der Waals surface area contributed by atoms with Crippen molar-refractivity contribution < 1.29 is 4.79 Å². The predicted molar refractivity (Wildman–Crippen MR) is 94.7 cm³/mol. The molecule has 0 aliphatic heterocycles. The van der Waals surface area contributed by atoms with Gasteiger partial charge in [-0.25, -0.2) is 0 Å². The normalized spacial score (nSPS) is 16.9. The molecule has 1 atom stereocenters. The molecule has 1 aliphatic rings. The van der Waals surface area contributed by atoms with Crippen molar-refractivity contribution in [2.24, 2.45) is 0 Å². The summed E-state index contributed by atoms with van der Waals surface area (Å²) in [7, 11) is 0. The third-order valence-corrected chi connectivity index (χ3v) is 6.20. The average Bonchev–Trinajstić information content (AvgIpc) is 2.99. The highest BCUT2D eigenvalue weighted by Gasteiger charge is 2.26. The van der Waals surface area contributed by atoms with Crippen LogP contribution in [-0.4, -0.2) is 22.1 Å². The second-order valence-corrected chi connectivity index (χ2v) is 8.37. The van der Waals surface area contributed by atoms with Crippen molar-refractivity contribution in [1.82, 2.24) is 15.5 Å². The number of nitrogens with zero attached hydrogens (tertiary/aromatic N) is 2. The number of hydrogen-bond acceptors (Lipinski definition) is 5. The van der Waals surface area contributed by atoms with Crippen LogP contribution in [0.15, 0.2) is 34.7 Å². The molecule has 0 bridgehead atoms. The number of hydrogen-bond donors (Lipinski definition) is 1. The lowest BCUT2D eigenvalue weighted by atomic mass is 9.95. The molecule has 2 aromatic rings. The number of carbonyl (C=O) groups is 1. The summed E-state index contributed by atoms with van der Waals surface area (Å²) >= 11 is 3.03. The van der Waals surface area contributed by atoms with Crippen LogP contribution in [0, 0.1) is 6.92 Å². The fourth-order valence-electron chi connectivity index (χ4n) is 2.85. The van der Waals surface area contributed by atoms with Gasteiger partial charge in [-0.2, -0.15) is 0 Å². The highest BCUT2D eigenvalue weighted by molar-refractivity contribution is 8.01. The Morgan fingerprint density at radius 3 is 2.61 bits per heavy atom. The number of aromatic nitrogens is 2. The zero-order valence-corrected chi connectivity index (χ0v) is 14.8. The summed E-state index contributed by atoms with van der Waals surface area (Å²) in [6.07, 6.45) is 5.90. The first kappa shape index (κ1) is 16.5. The van der Waals surface area contributed by atoms with Crippen LogP contribution in [-0.2, 0) is 4.79 Å². The molecular formula is C17H21N3OS2. The SMILES string of the molecule is Cc1nnc(S[C@@H](C(=O)NC2CCCCC2)c2ccccc2)s1. The van der Waals surface area contributed by atoms with Gasteiger partial charge >= 0.3 is 0 Å². The molecule has 1 amide bonds. The number of rotatable bonds is 5. The molecule has 4 nitrogen and oxygen atoms in total. The van der Waals surface area contributed by atoms with Crippen molar-refractivity contribution >= 4 is 29.0 Å². The Hall–Kier alpha value is -1.40. The highest BCUT2D eigenvalue weighted by atomic mass is 32.2. The van der Waals surface area contributed by atoms with Gasteiger partial charge in [-0.3, -0.25) is 4.79 Å². The summed E-state index contributed by atoms with van der Waals surface area (Å²) in [6, 6.07) is 10.3. The molecule has 1 aliphatic carbocycles. The number of benzene rings is 1. The van der Waals surface area contributed by atoms with Crippen LogP contribution >= 0.6 is 23.1 Å². The number of thioether (sulfide) groups is 1. The lowest BCUT2D eigenvalue weighted by Crippen LogP contribution is -2.38. The Morgan fingerprint density at radius 2 is 1.96 bits per heavy atom. The van der Waals surface area contributed by atoms with E-state index in [9.17, 15) is 4.79 Å². The zero-order valence-electron chi connectivity index (χ0n) is 13.2. The van der Waals surface area contributed by atoms with Gasteiger partial charge in [-0.1, -0.05) is 72.7 Å². The van der Waals surface area contributed by atoms with E-state index in [-0.39, 0.29) is 11.2 Å². The standard InChI is InChI=1S/C17H21N3OS2/c1-12-19-20-17(22-12)23-15(13-8-4-2-5-9-13)16(21)18-14-10-6-3-7-11-14/h2,4-5,8-9,14-15H,3,6-7,10-11H2,1H3,(H,18,21)/t15-/m1/s1. The minimum absolute atomic E-state index is 0.0842. The number of nitrogens with one attached hydrogen (secondary N) is 1. The van der Waals surface area contributed by atoms with Gasteiger partial charge in [-0.05, 0) is 25.3 Å². The minimum atomic E-state index is -0.273. The molecule has 23 heavy (non-hydrogen) atoms. The van der Waals surface area contributed by atoms with Crippen molar-refractivity contribution in [2.45, 2.75) is 54.7 Å². The molecule has 0 radical (unpaired) electrons. The summed E-state index contributed by atoms with van der Waals surface area (Å²) in [6.45, 7) is 1.93. The summed E-state index contributed by atoms with van der Waals surface area (Å²) in [4.78, 5) is 12.8. The van der Waals surface area contributed by atoms with Crippen LogP contribution in [0.5, 0.6) is 0 Å². The second kappa shape index (κ2) is 7.93. The lowest BCUT2D eigenvalue weighted by Gasteiger charge is -2.25. The molecule has 1 heterocycles. The molecule has 0 spiro atoms.